The summed E-state index contributed by atoms with van der Waals surface area (Å²) < 4.78 is 85.2. The lowest BCUT2D eigenvalue weighted by Crippen LogP contribution is -2.26. The SMILES string of the molecule is C=S(C)(=O)c1cccc(Nc2ncc(-c3ccc(NC(=O)Nc4cc(C(F)(F)F)ccc4F)c(F)c3)c(NCCN3CCCC3)n2)c1.CCOC(C)=O. The second-order valence-corrected chi connectivity index (χ2v) is 14.5. The average molecular weight is 762 g/mol. The highest BCUT2D eigenvalue weighted by Crippen LogP contribution is 2.33. The number of halogens is 5. The van der Waals surface area contributed by atoms with Gasteiger partial charge in [-0.25, -0.2) is 18.6 Å². The van der Waals surface area contributed by atoms with Crippen molar-refractivity contribution < 1.29 is 40.5 Å². The molecule has 1 aliphatic rings. The number of likely N-dealkylation sites (tertiary alicyclic amines) is 1. The van der Waals surface area contributed by atoms with Crippen molar-refractivity contribution >= 4 is 56.2 Å². The Kier molecular flexibility index (Phi) is 13.7. The van der Waals surface area contributed by atoms with E-state index in [-0.39, 0.29) is 17.6 Å². The monoisotopic (exact) mass is 761 g/mol. The fraction of sp³-hybridized carbons (Fsp3) is 0.306. The molecule has 0 aliphatic carbocycles. The van der Waals surface area contributed by atoms with Gasteiger partial charge in [-0.05, 0) is 102 Å². The van der Waals surface area contributed by atoms with Crippen LogP contribution in [-0.4, -0.2) is 76.0 Å². The Bertz CT molecular complexity index is 2020. The number of alkyl halides is 3. The van der Waals surface area contributed by atoms with Gasteiger partial charge < -0.3 is 30.9 Å². The third-order valence-corrected chi connectivity index (χ3v) is 8.97. The number of esters is 1. The highest BCUT2D eigenvalue weighted by molar-refractivity contribution is 7.99. The van der Waals surface area contributed by atoms with Crippen LogP contribution in [0.3, 0.4) is 0 Å². The van der Waals surface area contributed by atoms with Crippen LogP contribution in [0.25, 0.3) is 11.1 Å². The van der Waals surface area contributed by atoms with Crippen LogP contribution in [-0.2, 0) is 25.2 Å². The molecular formula is C36H40F5N7O4S. The second-order valence-electron chi connectivity index (χ2n) is 12.0. The van der Waals surface area contributed by atoms with Gasteiger partial charge in [-0.15, -0.1) is 0 Å². The molecule has 53 heavy (non-hydrogen) atoms. The molecule has 2 heterocycles. The number of hydrogen-bond acceptors (Lipinski definition) is 9. The van der Waals surface area contributed by atoms with Crippen LogP contribution in [0.5, 0.6) is 0 Å². The van der Waals surface area contributed by atoms with Crippen molar-refractivity contribution in [2.45, 2.75) is 37.8 Å². The van der Waals surface area contributed by atoms with Crippen molar-refractivity contribution in [1.29, 1.82) is 0 Å². The first-order valence-electron chi connectivity index (χ1n) is 16.4. The molecule has 1 unspecified atom stereocenters. The smallest absolute Gasteiger partial charge is 0.416 e. The first-order valence-corrected chi connectivity index (χ1v) is 18.6. The zero-order valence-corrected chi connectivity index (χ0v) is 30.1. The van der Waals surface area contributed by atoms with Crippen molar-refractivity contribution in [3.8, 4) is 11.1 Å². The molecule has 1 aromatic heterocycles. The molecule has 4 N–H and O–H groups in total. The van der Waals surface area contributed by atoms with E-state index in [4.69, 9.17) is 0 Å². The Labute approximate surface area is 304 Å². The molecule has 11 nitrogen and oxygen atoms in total. The molecule has 0 saturated carbocycles. The molecule has 284 valence electrons. The van der Waals surface area contributed by atoms with E-state index in [0.717, 1.165) is 38.5 Å². The number of ether oxygens (including phenoxy) is 1. The first kappa shape index (κ1) is 40.5. The third kappa shape index (κ3) is 12.1. The Hall–Kier alpha value is -5.29. The maximum absolute atomic E-state index is 15.2. The number of amides is 2. The van der Waals surface area contributed by atoms with E-state index in [0.29, 0.717) is 58.9 Å². The van der Waals surface area contributed by atoms with Gasteiger partial charge in [0.15, 0.2) is 0 Å². The summed E-state index contributed by atoms with van der Waals surface area (Å²) in [6.07, 6.45) is 0.571. The summed E-state index contributed by atoms with van der Waals surface area (Å²) in [5, 5.41) is 10.6. The van der Waals surface area contributed by atoms with Gasteiger partial charge in [0, 0.05) is 48.6 Å². The standard InChI is InChI=1S/C32H32F5N7O2S.C4H8O2/c1-47(2,46)23-7-5-6-22(18-23)40-30-39-19-24(29(43-30)38-12-15-44-13-3-4-14-44)20-8-11-27(26(34)16-20)41-31(45)42-28-17-21(32(35,36)37)9-10-25(28)33;1-3-6-4(2)5/h5-11,16-19H,1,3-4,12-15H2,2H3,(H2,41,42,45)(H2,38,39,40,43);3H2,1-2H3. The van der Waals surface area contributed by atoms with Gasteiger partial charge in [0.25, 0.3) is 0 Å². The van der Waals surface area contributed by atoms with Gasteiger partial charge in [-0.3, -0.25) is 9.00 Å². The van der Waals surface area contributed by atoms with Crippen LogP contribution in [0, 0.1) is 11.6 Å². The molecule has 3 aromatic carbocycles. The quantitative estimate of drug-likeness (QED) is 0.0692. The van der Waals surface area contributed by atoms with Gasteiger partial charge in [0.05, 0.1) is 23.5 Å². The van der Waals surface area contributed by atoms with Crippen LogP contribution in [0.15, 0.2) is 71.8 Å². The van der Waals surface area contributed by atoms with Crippen LogP contribution in [0.2, 0.25) is 0 Å². The van der Waals surface area contributed by atoms with Crippen molar-refractivity contribution in [3.63, 3.8) is 0 Å². The Morgan fingerprint density at radius 1 is 0.981 bits per heavy atom. The summed E-state index contributed by atoms with van der Waals surface area (Å²) >= 11 is 0. The molecule has 1 saturated heterocycles. The Balaban J connectivity index is 0.000000964. The molecule has 1 aliphatic heterocycles. The molecule has 0 spiro atoms. The van der Waals surface area contributed by atoms with Gasteiger partial charge >= 0.3 is 18.2 Å². The number of aromatic nitrogens is 2. The highest BCUT2D eigenvalue weighted by atomic mass is 32.2. The molecule has 0 radical (unpaired) electrons. The average Bonchev–Trinajstić information content (AvgIpc) is 3.60. The molecule has 0 bridgehead atoms. The molecule has 2 amide bonds. The number of benzene rings is 3. The molecule has 17 heteroatoms. The van der Waals surface area contributed by atoms with Crippen molar-refractivity contribution in [2.24, 2.45) is 0 Å². The van der Waals surface area contributed by atoms with Crippen LogP contribution < -0.4 is 21.3 Å². The largest absolute Gasteiger partial charge is 0.466 e. The second kappa shape index (κ2) is 18.0. The lowest BCUT2D eigenvalue weighted by Gasteiger charge is -2.17. The fourth-order valence-corrected chi connectivity index (χ4v) is 5.90. The van der Waals surface area contributed by atoms with Crippen LogP contribution in [0.1, 0.15) is 32.3 Å². The predicted molar refractivity (Wildman–Crippen MR) is 197 cm³/mol. The van der Waals surface area contributed by atoms with E-state index in [2.05, 4.69) is 41.4 Å². The number of urea groups is 1. The van der Waals surface area contributed by atoms with E-state index in [1.54, 1.807) is 37.4 Å². The molecule has 1 fully saturated rings. The lowest BCUT2D eigenvalue weighted by molar-refractivity contribution is -0.140. The maximum Gasteiger partial charge on any atom is 0.416 e. The normalized spacial score (nSPS) is 14.0. The molecular weight excluding hydrogens is 721 g/mol. The maximum atomic E-state index is 15.2. The number of carbonyl (C=O) groups is 2. The fourth-order valence-electron chi connectivity index (χ4n) is 5.16. The molecule has 5 rings (SSSR count). The number of nitrogens with zero attached hydrogens (tertiary/aromatic N) is 3. The minimum Gasteiger partial charge on any atom is -0.466 e. The summed E-state index contributed by atoms with van der Waals surface area (Å²) in [5.74, 6) is 2.20. The van der Waals surface area contributed by atoms with Crippen LogP contribution in [0.4, 0.5) is 55.6 Å². The zero-order valence-electron chi connectivity index (χ0n) is 29.3. The van der Waals surface area contributed by atoms with E-state index >= 15 is 4.39 Å². The van der Waals surface area contributed by atoms with Gasteiger partial charge in [0.2, 0.25) is 5.95 Å². The predicted octanol–water partition coefficient (Wildman–Crippen LogP) is 7.61. The van der Waals surface area contributed by atoms with Crippen molar-refractivity contribution in [1.82, 2.24) is 14.9 Å². The zero-order chi connectivity index (χ0) is 38.8. The topological polar surface area (TPSA) is 138 Å². The summed E-state index contributed by atoms with van der Waals surface area (Å²) in [4.78, 5) is 34.2. The number of hydrogen-bond donors (Lipinski definition) is 4. The Morgan fingerprint density at radius 3 is 2.32 bits per heavy atom. The minimum atomic E-state index is -4.75. The van der Waals surface area contributed by atoms with E-state index < -0.39 is 44.6 Å². The summed E-state index contributed by atoms with van der Waals surface area (Å²) in [7, 11) is -2.45. The summed E-state index contributed by atoms with van der Waals surface area (Å²) in [6.45, 7) is 6.97. The lowest BCUT2D eigenvalue weighted by atomic mass is 10.1. The number of nitrogens with one attached hydrogen (secondary N) is 4. The first-order chi connectivity index (χ1) is 25.0. The highest BCUT2D eigenvalue weighted by Gasteiger charge is 2.31. The Morgan fingerprint density at radius 2 is 1.70 bits per heavy atom. The molecule has 4 aromatic rings. The third-order valence-electron chi connectivity index (χ3n) is 7.71. The summed E-state index contributed by atoms with van der Waals surface area (Å²) in [5.41, 5.74) is -0.735. The number of carbonyl (C=O) groups excluding carboxylic acids is 2. The van der Waals surface area contributed by atoms with Crippen molar-refractivity contribution in [2.75, 3.05) is 60.3 Å². The molecule has 1 atom stereocenters. The number of rotatable bonds is 11. The van der Waals surface area contributed by atoms with Gasteiger partial charge in [-0.1, -0.05) is 12.1 Å². The number of anilines is 5. The van der Waals surface area contributed by atoms with Crippen LogP contribution >= 0.6 is 0 Å². The van der Waals surface area contributed by atoms with E-state index in [9.17, 15) is 31.4 Å². The van der Waals surface area contributed by atoms with Gasteiger partial charge in [-0.2, -0.15) is 18.2 Å². The van der Waals surface area contributed by atoms with Crippen molar-refractivity contribution in [3.05, 3.63) is 84.1 Å². The van der Waals surface area contributed by atoms with E-state index in [1.807, 2.05) is 5.32 Å². The van der Waals surface area contributed by atoms with Gasteiger partial charge in [0.1, 0.15) is 17.5 Å². The van der Waals surface area contributed by atoms with E-state index in [1.165, 1.54) is 25.3 Å². The minimum absolute atomic E-state index is 0.211. The summed E-state index contributed by atoms with van der Waals surface area (Å²) in [6, 6.07) is 11.3.